The minimum absolute atomic E-state index is 0.0296. The summed E-state index contributed by atoms with van der Waals surface area (Å²) in [4.78, 5) is 12.8. The van der Waals surface area contributed by atoms with Crippen molar-refractivity contribution in [2.24, 2.45) is 5.92 Å². The number of fused-ring (bicyclic) bond motifs is 1. The highest BCUT2D eigenvalue weighted by Crippen LogP contribution is 2.31. The number of nitrogens with one attached hydrogen (secondary N) is 1. The van der Waals surface area contributed by atoms with Crippen LogP contribution in [0.15, 0.2) is 0 Å². The minimum atomic E-state index is -0.159. The lowest BCUT2D eigenvalue weighted by atomic mass is 9.87. The van der Waals surface area contributed by atoms with E-state index in [1.807, 2.05) is 25.5 Å². The van der Waals surface area contributed by atoms with Crippen molar-refractivity contribution in [1.29, 1.82) is 0 Å². The molecule has 1 aliphatic carbocycles. The summed E-state index contributed by atoms with van der Waals surface area (Å²) in [5.41, 5.74) is 2.64. The van der Waals surface area contributed by atoms with Gasteiger partial charge >= 0.3 is 0 Å². The largest absolute Gasteiger partial charge is 0.393 e. The van der Waals surface area contributed by atoms with Gasteiger partial charge in [0, 0.05) is 25.1 Å². The number of aliphatic hydroxyl groups is 1. The van der Waals surface area contributed by atoms with Crippen LogP contribution in [0.5, 0.6) is 0 Å². The van der Waals surface area contributed by atoms with Crippen LogP contribution >= 0.6 is 0 Å². The highest BCUT2D eigenvalue weighted by Gasteiger charge is 2.32. The maximum absolute atomic E-state index is 12.8. The van der Waals surface area contributed by atoms with Gasteiger partial charge in [0.05, 0.1) is 24.0 Å². The number of carbonyl (C=O) groups is 1. The fourth-order valence-corrected chi connectivity index (χ4v) is 3.95. The van der Waals surface area contributed by atoms with Crippen LogP contribution in [0.4, 0.5) is 0 Å². The molecule has 1 aliphatic heterocycles. The number of hydrogen-bond donors (Lipinski definition) is 2. The molecule has 2 N–H and O–H groups in total. The Balaban J connectivity index is 1.72. The van der Waals surface area contributed by atoms with E-state index in [4.69, 9.17) is 4.74 Å². The second-order valence-corrected chi connectivity index (χ2v) is 7.21. The molecule has 3 rings (SSSR count). The van der Waals surface area contributed by atoms with Crippen molar-refractivity contribution in [3.8, 4) is 0 Å². The predicted octanol–water partition coefficient (Wildman–Crippen LogP) is 2.21. The number of aliphatic hydroxyl groups excluding tert-OH is 1. The van der Waals surface area contributed by atoms with Crippen LogP contribution < -0.4 is 5.32 Å². The van der Waals surface area contributed by atoms with Gasteiger partial charge in [0.2, 0.25) is 0 Å². The summed E-state index contributed by atoms with van der Waals surface area (Å²) >= 11 is 0. The highest BCUT2D eigenvalue weighted by molar-refractivity contribution is 5.94. The van der Waals surface area contributed by atoms with Crippen molar-refractivity contribution in [3.63, 3.8) is 0 Å². The number of nitrogens with zero attached hydrogens (tertiary/aromatic N) is 2. The van der Waals surface area contributed by atoms with Crippen molar-refractivity contribution in [2.75, 3.05) is 6.54 Å². The summed E-state index contributed by atoms with van der Waals surface area (Å²) in [7, 11) is 0. The third-order valence-corrected chi connectivity index (χ3v) is 5.28. The van der Waals surface area contributed by atoms with Gasteiger partial charge in [-0.15, -0.1) is 0 Å². The number of aryl methyl sites for hydroxylation is 1. The lowest BCUT2D eigenvalue weighted by molar-refractivity contribution is -0.00712. The Kier molecular flexibility index (Phi) is 5.25. The Bertz CT molecular complexity index is 591. The van der Waals surface area contributed by atoms with Gasteiger partial charge in [0.25, 0.3) is 5.91 Å². The van der Waals surface area contributed by atoms with Crippen molar-refractivity contribution < 1.29 is 14.6 Å². The van der Waals surface area contributed by atoms with E-state index in [1.165, 1.54) is 0 Å². The monoisotopic (exact) mass is 335 g/mol. The molecule has 6 heteroatoms. The topological polar surface area (TPSA) is 76.4 Å². The maximum atomic E-state index is 12.8. The Morgan fingerprint density at radius 2 is 2.04 bits per heavy atom. The molecule has 1 fully saturated rings. The first kappa shape index (κ1) is 17.4. The maximum Gasteiger partial charge on any atom is 0.269 e. The number of amides is 1. The van der Waals surface area contributed by atoms with Crippen LogP contribution in [-0.2, 0) is 17.7 Å². The first-order valence-corrected chi connectivity index (χ1v) is 9.20. The van der Waals surface area contributed by atoms with Gasteiger partial charge in [-0.3, -0.25) is 9.48 Å². The molecule has 0 saturated heterocycles. The van der Waals surface area contributed by atoms with E-state index >= 15 is 0 Å². The minimum Gasteiger partial charge on any atom is -0.393 e. The molecule has 1 saturated carbocycles. The van der Waals surface area contributed by atoms with Gasteiger partial charge in [0.15, 0.2) is 0 Å². The molecule has 0 unspecified atom stereocenters. The molecule has 0 bridgehead atoms. The lowest BCUT2D eigenvalue weighted by Gasteiger charge is -2.26. The molecule has 0 radical (unpaired) electrons. The number of hydrogen-bond acceptors (Lipinski definition) is 4. The second-order valence-electron chi connectivity index (χ2n) is 7.21. The fraction of sp³-hybridized carbons (Fsp3) is 0.778. The Hall–Kier alpha value is -1.40. The van der Waals surface area contributed by atoms with E-state index in [9.17, 15) is 9.90 Å². The third-order valence-electron chi connectivity index (χ3n) is 5.28. The smallest absolute Gasteiger partial charge is 0.269 e. The van der Waals surface area contributed by atoms with Crippen LogP contribution in [0.25, 0.3) is 0 Å². The molecule has 0 spiro atoms. The van der Waals surface area contributed by atoms with E-state index in [2.05, 4.69) is 10.4 Å². The Morgan fingerprint density at radius 1 is 1.33 bits per heavy atom. The first-order chi connectivity index (χ1) is 11.5. The summed E-state index contributed by atoms with van der Waals surface area (Å²) in [5, 5.41) is 17.3. The van der Waals surface area contributed by atoms with E-state index in [-0.39, 0.29) is 24.2 Å². The quantitative estimate of drug-likeness (QED) is 0.884. The average molecular weight is 335 g/mol. The SMILES string of the molecule is CCn1nc2c(c1C(=O)NCC1CCC(O)CC1)C[C@H](C)O[C@@H]2C. The zero-order valence-electron chi connectivity index (χ0n) is 14.9. The Labute approximate surface area is 143 Å². The predicted molar refractivity (Wildman–Crippen MR) is 90.9 cm³/mol. The molecule has 2 heterocycles. The second kappa shape index (κ2) is 7.23. The number of aromatic nitrogens is 2. The fourth-order valence-electron chi connectivity index (χ4n) is 3.95. The average Bonchev–Trinajstić information content (AvgIpc) is 2.93. The third kappa shape index (κ3) is 3.49. The van der Waals surface area contributed by atoms with E-state index < -0.39 is 0 Å². The van der Waals surface area contributed by atoms with E-state index in [1.54, 1.807) is 0 Å². The number of ether oxygens (including phenoxy) is 1. The number of carbonyl (C=O) groups excluding carboxylic acids is 1. The van der Waals surface area contributed by atoms with Crippen LogP contribution in [0.1, 0.15) is 74.3 Å². The van der Waals surface area contributed by atoms with Crippen molar-refractivity contribution in [3.05, 3.63) is 17.0 Å². The summed E-state index contributed by atoms with van der Waals surface area (Å²) in [6, 6.07) is 0. The van der Waals surface area contributed by atoms with Crippen molar-refractivity contribution in [2.45, 2.75) is 77.7 Å². The lowest BCUT2D eigenvalue weighted by Crippen LogP contribution is -2.34. The summed E-state index contributed by atoms with van der Waals surface area (Å²) in [5.74, 6) is 0.436. The molecule has 6 nitrogen and oxygen atoms in total. The zero-order valence-corrected chi connectivity index (χ0v) is 14.9. The van der Waals surface area contributed by atoms with Gasteiger partial charge in [-0.2, -0.15) is 5.10 Å². The van der Waals surface area contributed by atoms with Crippen molar-refractivity contribution >= 4 is 5.91 Å². The van der Waals surface area contributed by atoms with Crippen LogP contribution in [0.3, 0.4) is 0 Å². The van der Waals surface area contributed by atoms with Gasteiger partial charge in [0.1, 0.15) is 5.69 Å². The first-order valence-electron chi connectivity index (χ1n) is 9.20. The van der Waals surface area contributed by atoms with E-state index in [0.29, 0.717) is 24.7 Å². The van der Waals surface area contributed by atoms with Crippen LogP contribution in [-0.4, -0.2) is 39.5 Å². The molecule has 0 aromatic carbocycles. The molecular weight excluding hydrogens is 306 g/mol. The van der Waals surface area contributed by atoms with Crippen LogP contribution in [0.2, 0.25) is 0 Å². The molecule has 134 valence electrons. The van der Waals surface area contributed by atoms with Crippen LogP contribution in [0, 0.1) is 5.92 Å². The molecule has 2 aliphatic rings. The molecule has 1 aromatic rings. The normalized spacial score (nSPS) is 30.0. The molecule has 1 amide bonds. The molecule has 24 heavy (non-hydrogen) atoms. The Morgan fingerprint density at radius 3 is 2.71 bits per heavy atom. The summed E-state index contributed by atoms with van der Waals surface area (Å²) < 4.78 is 7.65. The standard InChI is InChI=1S/C18H29N3O3/c1-4-21-17(15-9-11(2)24-12(3)16(15)20-21)18(23)19-10-13-5-7-14(22)8-6-13/h11-14,22H,4-10H2,1-3H3,(H,19,23)/t11-,12+,13?,14?/m0/s1. The number of rotatable bonds is 4. The van der Waals surface area contributed by atoms with Gasteiger partial charge in [-0.05, 0) is 52.4 Å². The summed E-state index contributed by atoms with van der Waals surface area (Å²) in [6.45, 7) is 7.39. The zero-order chi connectivity index (χ0) is 17.3. The molecule has 2 atom stereocenters. The van der Waals surface area contributed by atoms with Gasteiger partial charge in [-0.25, -0.2) is 0 Å². The van der Waals surface area contributed by atoms with Gasteiger partial charge < -0.3 is 15.2 Å². The molecule has 1 aromatic heterocycles. The highest BCUT2D eigenvalue weighted by atomic mass is 16.5. The van der Waals surface area contributed by atoms with E-state index in [0.717, 1.165) is 43.4 Å². The van der Waals surface area contributed by atoms with Crippen molar-refractivity contribution in [1.82, 2.24) is 15.1 Å². The molecular formula is C18H29N3O3. The van der Waals surface area contributed by atoms with Gasteiger partial charge in [-0.1, -0.05) is 0 Å². The summed E-state index contributed by atoms with van der Waals surface area (Å²) in [6.07, 6.45) is 4.26.